The highest BCUT2D eigenvalue weighted by Gasteiger charge is 2.45. The maximum absolute atomic E-state index is 13.9. The predicted octanol–water partition coefficient (Wildman–Crippen LogP) is 9.52. The number of nitrogens with zero attached hydrogens (tertiary/aromatic N) is 3. The number of likely N-dealkylation sites (tertiary alicyclic amines) is 1. The van der Waals surface area contributed by atoms with Crippen LogP contribution in [0.5, 0.6) is 17.2 Å². The van der Waals surface area contributed by atoms with E-state index in [1.165, 1.54) is 6.42 Å². The Hall–Kier alpha value is -3.97. The molecule has 3 aliphatic rings. The number of ether oxygens (including phenoxy) is 4. The smallest absolute Gasteiger partial charge is 0.259 e. The summed E-state index contributed by atoms with van der Waals surface area (Å²) in [5.41, 5.74) is 1.26. The molecule has 10 nitrogen and oxygen atoms in total. The Kier molecular flexibility index (Phi) is 14.9. The number of nitriles is 1. The minimum absolute atomic E-state index is 0.161. The summed E-state index contributed by atoms with van der Waals surface area (Å²) >= 11 is 0. The van der Waals surface area contributed by atoms with Gasteiger partial charge in [0.1, 0.15) is 22.8 Å². The molecule has 1 saturated carbocycles. The summed E-state index contributed by atoms with van der Waals surface area (Å²) in [5.74, 6) is 4.09. The van der Waals surface area contributed by atoms with E-state index in [4.69, 9.17) is 28.0 Å². The minimum Gasteiger partial charge on any atom is -0.497 e. The molecule has 2 aliphatic carbocycles. The summed E-state index contributed by atoms with van der Waals surface area (Å²) in [5, 5.41) is 9.37. The molecular formula is C47H62N3O7P. The van der Waals surface area contributed by atoms with E-state index in [-0.39, 0.29) is 31.0 Å². The lowest BCUT2D eigenvalue weighted by atomic mass is 9.77. The molecule has 1 aliphatic heterocycles. The maximum atomic E-state index is 13.9. The Balaban J connectivity index is 1.37. The maximum Gasteiger partial charge on any atom is 0.259 e. The first-order chi connectivity index (χ1) is 28.0. The third kappa shape index (κ3) is 9.89. The average Bonchev–Trinajstić information content (AvgIpc) is 3.87. The number of piperidine rings is 1. The zero-order chi connectivity index (χ0) is 41.3. The van der Waals surface area contributed by atoms with E-state index >= 15 is 0 Å². The zero-order valence-corrected chi connectivity index (χ0v) is 36.3. The van der Waals surface area contributed by atoms with Crippen molar-refractivity contribution in [3.05, 3.63) is 102 Å². The van der Waals surface area contributed by atoms with E-state index in [0.29, 0.717) is 63.3 Å². The van der Waals surface area contributed by atoms with Crippen molar-refractivity contribution in [3.8, 4) is 23.3 Å². The van der Waals surface area contributed by atoms with E-state index in [0.717, 1.165) is 40.4 Å². The number of rotatable bonds is 20. The van der Waals surface area contributed by atoms with Gasteiger partial charge < -0.3 is 32.9 Å². The highest BCUT2D eigenvalue weighted by molar-refractivity contribution is 7.44. The second-order valence-corrected chi connectivity index (χ2v) is 18.1. The van der Waals surface area contributed by atoms with Gasteiger partial charge in [-0.25, -0.2) is 4.67 Å². The monoisotopic (exact) mass is 811 g/mol. The van der Waals surface area contributed by atoms with Gasteiger partial charge in [-0.2, -0.15) is 5.26 Å². The largest absolute Gasteiger partial charge is 0.497 e. The Morgan fingerprint density at radius 1 is 0.793 bits per heavy atom. The molecule has 4 unspecified atom stereocenters. The van der Waals surface area contributed by atoms with Gasteiger partial charge in [0.15, 0.2) is 0 Å². The van der Waals surface area contributed by atoms with E-state index in [1.807, 2.05) is 36.4 Å². The van der Waals surface area contributed by atoms with Crippen molar-refractivity contribution in [2.45, 2.75) is 83.9 Å². The van der Waals surface area contributed by atoms with Crippen molar-refractivity contribution in [1.82, 2.24) is 9.57 Å². The Morgan fingerprint density at radius 2 is 1.31 bits per heavy atom. The van der Waals surface area contributed by atoms with Crippen LogP contribution in [0.1, 0.15) is 82.9 Å². The summed E-state index contributed by atoms with van der Waals surface area (Å²) in [4.78, 5) is 15.9. The first-order valence-corrected chi connectivity index (χ1v) is 21.9. The van der Waals surface area contributed by atoms with Crippen LogP contribution in [0, 0.1) is 34.5 Å². The summed E-state index contributed by atoms with van der Waals surface area (Å²) in [6, 6.07) is 26.7. The molecule has 2 fully saturated rings. The van der Waals surface area contributed by atoms with Crippen molar-refractivity contribution >= 4 is 14.4 Å². The van der Waals surface area contributed by atoms with Crippen LogP contribution in [0.4, 0.5) is 0 Å². The Labute approximate surface area is 347 Å². The van der Waals surface area contributed by atoms with E-state index in [9.17, 15) is 10.1 Å². The fourth-order valence-corrected chi connectivity index (χ4v) is 10.8. The highest BCUT2D eigenvalue weighted by Crippen LogP contribution is 2.50. The summed E-state index contributed by atoms with van der Waals surface area (Å²) in [7, 11) is 3.50. The van der Waals surface area contributed by atoms with Gasteiger partial charge in [-0.1, -0.05) is 48.6 Å². The Morgan fingerprint density at radius 3 is 1.72 bits per heavy atom. The lowest BCUT2D eigenvalue weighted by Crippen LogP contribution is -2.49. The lowest BCUT2D eigenvalue weighted by molar-refractivity contribution is -0.137. The third-order valence-electron chi connectivity index (χ3n) is 12.3. The number of carbonyl (C=O) groups is 1. The summed E-state index contributed by atoms with van der Waals surface area (Å²) < 4.78 is 39.9. The van der Waals surface area contributed by atoms with Gasteiger partial charge in [-0.3, -0.25) is 4.79 Å². The SMILES string of the molecule is COc1ccc(C(OCC2(COP(OCCC#N)N(C(C)C)C(C)C)CCN(C(=O)CC3CC4C=CC3C4)CC2)(c2ccc(OC)cc2)c2ccc(OC)cc2)cc1. The fourth-order valence-electron chi connectivity index (χ4n) is 9.04. The highest BCUT2D eigenvalue weighted by atomic mass is 31.2. The molecule has 1 amide bonds. The first-order valence-electron chi connectivity index (χ1n) is 20.8. The van der Waals surface area contributed by atoms with Crippen LogP contribution in [-0.4, -0.2) is 81.8 Å². The van der Waals surface area contributed by atoms with Gasteiger partial charge in [-0.15, -0.1) is 0 Å². The molecule has 0 spiro atoms. The fraction of sp³-hybridized carbons (Fsp3) is 0.532. The number of fused-ring (bicyclic) bond motifs is 2. The van der Waals surface area contributed by atoms with Crippen molar-refractivity contribution in [2.24, 2.45) is 23.2 Å². The third-order valence-corrected chi connectivity index (χ3v) is 14.3. The number of amides is 1. The number of carbonyl (C=O) groups excluding carboxylic acids is 1. The topological polar surface area (TPSA) is 103 Å². The summed E-state index contributed by atoms with van der Waals surface area (Å²) in [6.07, 6.45) is 9.26. The molecule has 0 radical (unpaired) electrons. The molecule has 3 aromatic rings. The van der Waals surface area contributed by atoms with Crippen molar-refractivity contribution in [3.63, 3.8) is 0 Å². The van der Waals surface area contributed by atoms with Crippen LogP contribution in [0.2, 0.25) is 0 Å². The number of hydrogen-bond donors (Lipinski definition) is 0. The Bertz CT molecular complexity index is 1710. The molecule has 58 heavy (non-hydrogen) atoms. The molecule has 2 bridgehead atoms. The van der Waals surface area contributed by atoms with E-state index < -0.39 is 19.5 Å². The molecule has 11 heteroatoms. The van der Waals surface area contributed by atoms with Crippen LogP contribution < -0.4 is 14.2 Å². The van der Waals surface area contributed by atoms with Crippen LogP contribution in [0.3, 0.4) is 0 Å². The van der Waals surface area contributed by atoms with Crippen molar-refractivity contribution < 1.29 is 32.8 Å². The van der Waals surface area contributed by atoms with Gasteiger partial charge in [0.05, 0.1) is 53.6 Å². The lowest BCUT2D eigenvalue weighted by Gasteiger charge is -2.46. The van der Waals surface area contributed by atoms with Gasteiger partial charge in [0.2, 0.25) is 5.91 Å². The van der Waals surface area contributed by atoms with Gasteiger partial charge in [-0.05, 0) is 124 Å². The average molecular weight is 812 g/mol. The normalized spacial score (nSPS) is 20.4. The number of benzene rings is 3. The molecule has 312 valence electrons. The van der Waals surface area contributed by atoms with Gasteiger partial charge >= 0.3 is 0 Å². The molecule has 1 saturated heterocycles. The summed E-state index contributed by atoms with van der Waals surface area (Å²) in [6.45, 7) is 10.8. The molecule has 0 N–H and O–H groups in total. The number of hydrogen-bond acceptors (Lipinski definition) is 9. The standard InChI is InChI=1S/C47H62N3O7P/c1-34(2)50(35(3)4)58(56-28-8-25-48)57-33-46(23-26-49(27-24-46)45(51)31-38-30-36-9-10-37(38)29-36)32-55-47(39-11-17-42(52-5)18-12-39,40-13-19-43(53-6)20-14-40)41-15-21-44(54-7)22-16-41/h9-22,34-38H,8,23-24,26-33H2,1-7H3. The van der Waals surface area contributed by atoms with Crippen molar-refractivity contribution in [1.29, 1.82) is 5.26 Å². The molecule has 6 rings (SSSR count). The molecule has 3 aromatic carbocycles. The van der Waals surface area contributed by atoms with E-state index in [2.05, 4.69) is 91.9 Å². The predicted molar refractivity (Wildman–Crippen MR) is 228 cm³/mol. The van der Waals surface area contributed by atoms with Crippen LogP contribution >= 0.6 is 8.53 Å². The van der Waals surface area contributed by atoms with Crippen LogP contribution in [0.15, 0.2) is 84.9 Å². The van der Waals surface area contributed by atoms with Crippen LogP contribution in [-0.2, 0) is 24.2 Å². The van der Waals surface area contributed by atoms with Crippen molar-refractivity contribution in [2.75, 3.05) is 54.2 Å². The van der Waals surface area contributed by atoms with Gasteiger partial charge in [0.25, 0.3) is 8.53 Å². The molecule has 0 aromatic heterocycles. The number of allylic oxidation sites excluding steroid dienone is 2. The quantitative estimate of drug-likeness (QED) is 0.0478. The number of methoxy groups -OCH3 is 3. The van der Waals surface area contributed by atoms with Gasteiger partial charge in [0, 0.05) is 37.0 Å². The zero-order valence-electron chi connectivity index (χ0n) is 35.4. The van der Waals surface area contributed by atoms with Crippen LogP contribution in [0.25, 0.3) is 0 Å². The van der Waals surface area contributed by atoms with E-state index in [1.54, 1.807) is 21.3 Å². The molecule has 4 atom stereocenters. The second kappa shape index (κ2) is 19.9. The molecule has 1 heterocycles. The first kappa shape index (κ1) is 43.6. The molecular weight excluding hydrogens is 750 g/mol. The second-order valence-electron chi connectivity index (χ2n) is 16.6. The minimum atomic E-state index is -1.50.